The molecular weight excluding hydrogens is 460 g/mol. The first-order chi connectivity index (χ1) is 17.3. The Labute approximate surface area is 208 Å². The molecule has 36 heavy (non-hydrogen) atoms. The van der Waals surface area contributed by atoms with Crippen molar-refractivity contribution < 1.29 is 19.1 Å². The van der Waals surface area contributed by atoms with Crippen LogP contribution in [0.25, 0.3) is 5.65 Å². The summed E-state index contributed by atoms with van der Waals surface area (Å²) >= 11 is 0. The number of hydrogen-bond donors (Lipinski definition) is 3. The van der Waals surface area contributed by atoms with Gasteiger partial charge in [0.2, 0.25) is 0 Å². The quantitative estimate of drug-likeness (QED) is 0.488. The number of fused-ring (bicyclic) bond motifs is 2. The molecule has 0 atom stereocenters. The van der Waals surface area contributed by atoms with Crippen LogP contribution in [0.2, 0.25) is 0 Å². The summed E-state index contributed by atoms with van der Waals surface area (Å²) in [7, 11) is 0. The lowest BCUT2D eigenvalue weighted by molar-refractivity contribution is -0.118. The summed E-state index contributed by atoms with van der Waals surface area (Å²) in [5.74, 6) is 0.390. The average molecular weight is 491 g/mol. The Bertz CT molecular complexity index is 1330. The van der Waals surface area contributed by atoms with E-state index in [4.69, 9.17) is 4.74 Å². The molecule has 2 aliphatic rings. The van der Waals surface area contributed by atoms with Gasteiger partial charge < -0.3 is 20.7 Å². The number of hydrogen-bond acceptors (Lipinski definition) is 6. The number of benzene rings is 1. The Morgan fingerprint density at radius 1 is 1.17 bits per heavy atom. The number of ether oxygens (including phenoxy) is 1. The number of carbonyl (C=O) groups is 3. The molecule has 1 fully saturated rings. The second-order valence-electron chi connectivity index (χ2n) is 10.2. The van der Waals surface area contributed by atoms with Crippen molar-refractivity contribution in [1.82, 2.24) is 25.2 Å². The fraction of sp³-hybridized carbons (Fsp3) is 0.423. The van der Waals surface area contributed by atoms with Crippen LogP contribution in [0, 0.1) is 11.3 Å². The van der Waals surface area contributed by atoms with Crippen molar-refractivity contribution in [1.29, 1.82) is 0 Å². The van der Waals surface area contributed by atoms with Crippen molar-refractivity contribution in [2.45, 2.75) is 46.1 Å². The summed E-state index contributed by atoms with van der Waals surface area (Å²) in [5.41, 5.74) is 2.22. The lowest BCUT2D eigenvalue weighted by Crippen LogP contribution is -2.38. The minimum Gasteiger partial charge on any atom is -0.482 e. The molecule has 1 aromatic carbocycles. The van der Waals surface area contributed by atoms with Crippen LogP contribution in [-0.4, -0.2) is 45.5 Å². The van der Waals surface area contributed by atoms with Crippen molar-refractivity contribution in [3.63, 3.8) is 0 Å². The zero-order valence-electron chi connectivity index (χ0n) is 20.5. The van der Waals surface area contributed by atoms with Gasteiger partial charge in [0.25, 0.3) is 17.7 Å². The molecule has 2 aromatic heterocycles. The van der Waals surface area contributed by atoms with Crippen molar-refractivity contribution in [3.05, 3.63) is 53.5 Å². The van der Waals surface area contributed by atoms with E-state index < -0.39 is 5.91 Å². The lowest BCUT2D eigenvalue weighted by atomic mass is 9.72. The highest BCUT2D eigenvalue weighted by atomic mass is 16.5. The molecule has 1 aliphatic heterocycles. The molecule has 10 heteroatoms. The monoisotopic (exact) mass is 490 g/mol. The van der Waals surface area contributed by atoms with Gasteiger partial charge in [0.1, 0.15) is 17.1 Å². The van der Waals surface area contributed by atoms with Crippen LogP contribution < -0.4 is 20.7 Å². The van der Waals surface area contributed by atoms with Gasteiger partial charge in [-0.2, -0.15) is 5.10 Å². The SMILES string of the molecule is CC1CCC(C)(CNC(=O)c2cc(C(=O)NCc3ccc4c(c3)NC(=O)CO4)nc3ccnn23)CC1. The minimum atomic E-state index is -0.418. The molecule has 3 heterocycles. The van der Waals surface area contributed by atoms with Gasteiger partial charge in [-0.05, 0) is 41.9 Å². The largest absolute Gasteiger partial charge is 0.482 e. The van der Waals surface area contributed by atoms with Gasteiger partial charge in [0.05, 0.1) is 11.9 Å². The molecule has 1 aliphatic carbocycles. The van der Waals surface area contributed by atoms with Crippen LogP contribution in [-0.2, 0) is 11.3 Å². The molecule has 188 valence electrons. The minimum absolute atomic E-state index is 0.0137. The van der Waals surface area contributed by atoms with Gasteiger partial charge in [0, 0.05) is 25.2 Å². The molecule has 1 saturated carbocycles. The van der Waals surface area contributed by atoms with E-state index in [-0.39, 0.29) is 41.8 Å². The first kappa shape index (κ1) is 23.8. The molecule has 10 nitrogen and oxygen atoms in total. The Hall–Kier alpha value is -3.95. The van der Waals surface area contributed by atoms with E-state index in [1.54, 1.807) is 24.4 Å². The Morgan fingerprint density at radius 3 is 2.78 bits per heavy atom. The summed E-state index contributed by atoms with van der Waals surface area (Å²) in [4.78, 5) is 42.0. The zero-order valence-corrected chi connectivity index (χ0v) is 20.5. The van der Waals surface area contributed by atoms with Crippen molar-refractivity contribution in [2.75, 3.05) is 18.5 Å². The van der Waals surface area contributed by atoms with E-state index in [0.717, 1.165) is 24.3 Å². The maximum absolute atomic E-state index is 13.1. The number of nitrogens with one attached hydrogen (secondary N) is 3. The van der Waals surface area contributed by atoms with Crippen LogP contribution >= 0.6 is 0 Å². The van der Waals surface area contributed by atoms with Gasteiger partial charge in [0.15, 0.2) is 12.3 Å². The summed E-state index contributed by atoms with van der Waals surface area (Å²) in [6.45, 7) is 5.26. The molecule has 5 rings (SSSR count). The first-order valence-corrected chi connectivity index (χ1v) is 12.3. The highest BCUT2D eigenvalue weighted by molar-refractivity contribution is 5.98. The lowest BCUT2D eigenvalue weighted by Gasteiger charge is -2.36. The van der Waals surface area contributed by atoms with E-state index in [0.29, 0.717) is 23.6 Å². The van der Waals surface area contributed by atoms with Crippen molar-refractivity contribution in [3.8, 4) is 5.75 Å². The Kier molecular flexibility index (Phi) is 6.34. The third-order valence-corrected chi connectivity index (χ3v) is 7.11. The van der Waals surface area contributed by atoms with Crippen LogP contribution in [0.15, 0.2) is 36.5 Å². The number of amides is 3. The summed E-state index contributed by atoms with van der Waals surface area (Å²) in [6, 6.07) is 8.45. The normalized spacial score (nSPS) is 21.3. The number of aromatic nitrogens is 3. The first-order valence-electron chi connectivity index (χ1n) is 12.3. The van der Waals surface area contributed by atoms with Gasteiger partial charge in [-0.15, -0.1) is 0 Å². The van der Waals surface area contributed by atoms with E-state index in [9.17, 15) is 14.4 Å². The van der Waals surface area contributed by atoms with Gasteiger partial charge in [-0.1, -0.05) is 32.8 Å². The third kappa shape index (κ3) is 5.02. The molecular formula is C26H30N6O4. The van der Waals surface area contributed by atoms with E-state index in [1.165, 1.54) is 23.4 Å². The standard InChI is InChI=1S/C26H30N6O4/c1-16-5-8-26(2,9-6-16)15-28-25(35)20-12-19(30-22-7-10-29-32(20)22)24(34)27-13-17-3-4-21-18(11-17)31-23(33)14-36-21/h3-4,7,10-12,16H,5-6,8-9,13-15H2,1-2H3,(H,27,34)(H,28,35)(H,31,33). The molecule has 0 unspecified atom stereocenters. The zero-order chi connectivity index (χ0) is 25.3. The van der Waals surface area contributed by atoms with Crippen molar-refractivity contribution in [2.24, 2.45) is 11.3 Å². The topological polar surface area (TPSA) is 127 Å². The maximum Gasteiger partial charge on any atom is 0.270 e. The highest BCUT2D eigenvalue weighted by Crippen LogP contribution is 2.37. The number of rotatable bonds is 6. The third-order valence-electron chi connectivity index (χ3n) is 7.11. The molecule has 3 aromatic rings. The highest BCUT2D eigenvalue weighted by Gasteiger charge is 2.30. The van der Waals surface area contributed by atoms with Gasteiger partial charge in [-0.3, -0.25) is 14.4 Å². The second kappa shape index (κ2) is 9.60. The number of nitrogens with zero attached hydrogens (tertiary/aromatic N) is 3. The van der Waals surface area contributed by atoms with Crippen LogP contribution in [0.3, 0.4) is 0 Å². The summed E-state index contributed by atoms with van der Waals surface area (Å²) in [5, 5.41) is 12.9. The van der Waals surface area contributed by atoms with Crippen LogP contribution in [0.5, 0.6) is 5.75 Å². The molecule has 3 N–H and O–H groups in total. The van der Waals surface area contributed by atoms with E-state index in [2.05, 4.69) is 39.9 Å². The van der Waals surface area contributed by atoms with Crippen molar-refractivity contribution >= 4 is 29.1 Å². The molecule has 0 spiro atoms. The molecule has 0 bridgehead atoms. The average Bonchev–Trinajstić information content (AvgIpc) is 3.36. The number of anilines is 1. The predicted molar refractivity (Wildman–Crippen MR) is 133 cm³/mol. The fourth-order valence-electron chi connectivity index (χ4n) is 4.72. The predicted octanol–water partition coefficient (Wildman–Crippen LogP) is 2.94. The van der Waals surface area contributed by atoms with Gasteiger partial charge in [-0.25, -0.2) is 9.50 Å². The molecule has 0 radical (unpaired) electrons. The summed E-state index contributed by atoms with van der Waals surface area (Å²) < 4.78 is 6.82. The maximum atomic E-state index is 13.1. The van der Waals surface area contributed by atoms with E-state index >= 15 is 0 Å². The van der Waals surface area contributed by atoms with Crippen LogP contribution in [0.4, 0.5) is 5.69 Å². The van der Waals surface area contributed by atoms with E-state index in [1.807, 2.05) is 6.07 Å². The second-order valence-corrected chi connectivity index (χ2v) is 10.2. The molecule has 3 amide bonds. The summed E-state index contributed by atoms with van der Waals surface area (Å²) in [6.07, 6.45) is 6.04. The fourth-order valence-corrected chi connectivity index (χ4v) is 4.72. The molecule has 0 saturated heterocycles. The number of carbonyl (C=O) groups excluding carboxylic acids is 3. The Balaban J connectivity index is 1.28. The smallest absolute Gasteiger partial charge is 0.270 e. The van der Waals surface area contributed by atoms with Crippen LogP contribution in [0.1, 0.15) is 66.1 Å². The Morgan fingerprint density at radius 2 is 1.97 bits per heavy atom. The van der Waals surface area contributed by atoms with Gasteiger partial charge >= 0.3 is 0 Å².